The number of hydrogen-bond acceptors (Lipinski definition) is 3. The largest absolute Gasteiger partial charge is 0.480 e. The number of rotatable bonds is 1. The fourth-order valence-corrected chi connectivity index (χ4v) is 1.31. The third-order valence-electron chi connectivity index (χ3n) is 1.96. The van der Waals surface area contributed by atoms with E-state index in [4.69, 9.17) is 5.11 Å². The standard InChI is InChI=1S/C7H6F3NO4/c8-7(9,10)6(15)11-3(5(13)14)1-2-4(11)12/h3H,1-2H2,(H,13,14)/t3-/m0/s1. The summed E-state index contributed by atoms with van der Waals surface area (Å²) < 4.78 is 35.9. The molecule has 2 amide bonds. The Kier molecular flexibility index (Phi) is 2.69. The molecule has 1 aliphatic rings. The number of hydrogen-bond donors (Lipinski definition) is 1. The second kappa shape index (κ2) is 3.52. The molecule has 0 saturated carbocycles. The van der Waals surface area contributed by atoms with Crippen molar-refractivity contribution in [1.29, 1.82) is 0 Å². The third kappa shape index (κ3) is 2.08. The molecule has 0 aromatic carbocycles. The van der Waals surface area contributed by atoms with Crippen molar-refractivity contribution in [1.82, 2.24) is 4.90 Å². The number of carbonyl (C=O) groups excluding carboxylic acids is 2. The predicted molar refractivity (Wildman–Crippen MR) is 38.6 cm³/mol. The lowest BCUT2D eigenvalue weighted by Crippen LogP contribution is -2.48. The number of carboxylic acids is 1. The van der Waals surface area contributed by atoms with Crippen LogP contribution in [0.1, 0.15) is 12.8 Å². The van der Waals surface area contributed by atoms with Gasteiger partial charge in [0.05, 0.1) is 0 Å². The number of alkyl halides is 3. The van der Waals surface area contributed by atoms with Crippen LogP contribution in [-0.2, 0) is 14.4 Å². The van der Waals surface area contributed by atoms with Crippen LogP contribution in [0, 0.1) is 0 Å². The molecule has 0 aliphatic carbocycles. The third-order valence-corrected chi connectivity index (χ3v) is 1.96. The van der Waals surface area contributed by atoms with Crippen molar-refractivity contribution in [3.05, 3.63) is 0 Å². The maximum absolute atomic E-state index is 12.0. The smallest absolute Gasteiger partial charge is 0.471 e. The zero-order valence-electron chi connectivity index (χ0n) is 7.24. The van der Waals surface area contributed by atoms with Crippen LogP contribution in [0.2, 0.25) is 0 Å². The lowest BCUT2D eigenvalue weighted by atomic mass is 10.2. The summed E-state index contributed by atoms with van der Waals surface area (Å²) in [5.74, 6) is -5.14. The highest BCUT2D eigenvalue weighted by atomic mass is 19.4. The van der Waals surface area contributed by atoms with E-state index < -0.39 is 30.0 Å². The number of aliphatic carboxylic acids is 1. The zero-order valence-corrected chi connectivity index (χ0v) is 7.24. The lowest BCUT2D eigenvalue weighted by Gasteiger charge is -2.20. The summed E-state index contributed by atoms with van der Waals surface area (Å²) in [6.07, 6.45) is -5.87. The molecule has 0 unspecified atom stereocenters. The van der Waals surface area contributed by atoms with Crippen molar-refractivity contribution >= 4 is 17.8 Å². The van der Waals surface area contributed by atoms with Crippen molar-refractivity contribution in [2.24, 2.45) is 0 Å². The second-order valence-corrected chi connectivity index (χ2v) is 2.96. The quantitative estimate of drug-likeness (QED) is 0.689. The van der Waals surface area contributed by atoms with Gasteiger partial charge in [-0.1, -0.05) is 0 Å². The van der Waals surface area contributed by atoms with Gasteiger partial charge in [-0.2, -0.15) is 13.2 Å². The summed E-state index contributed by atoms with van der Waals surface area (Å²) in [5, 5.41) is 8.50. The Labute approximate surface area is 81.5 Å². The van der Waals surface area contributed by atoms with Gasteiger partial charge in [-0.3, -0.25) is 14.5 Å². The average molecular weight is 225 g/mol. The first-order valence-electron chi connectivity index (χ1n) is 3.91. The molecular weight excluding hydrogens is 219 g/mol. The molecule has 84 valence electrons. The molecule has 0 aromatic rings. The van der Waals surface area contributed by atoms with Crippen LogP contribution in [0.3, 0.4) is 0 Å². The number of halogens is 3. The number of likely N-dealkylation sites (tertiary alicyclic amines) is 1. The number of nitrogens with zero attached hydrogens (tertiary/aromatic N) is 1. The van der Waals surface area contributed by atoms with Crippen molar-refractivity contribution < 1.29 is 32.7 Å². The molecule has 1 N–H and O–H groups in total. The highest BCUT2D eigenvalue weighted by molar-refractivity contribution is 6.03. The second-order valence-electron chi connectivity index (χ2n) is 2.96. The van der Waals surface area contributed by atoms with Crippen LogP contribution in [0.4, 0.5) is 13.2 Å². The molecule has 0 radical (unpaired) electrons. The highest BCUT2D eigenvalue weighted by Gasteiger charge is 2.51. The Morgan fingerprint density at radius 2 is 1.93 bits per heavy atom. The number of amides is 2. The van der Waals surface area contributed by atoms with Gasteiger partial charge in [0.1, 0.15) is 6.04 Å². The number of imide groups is 1. The molecule has 1 atom stereocenters. The Bertz CT molecular complexity index is 325. The van der Waals surface area contributed by atoms with Gasteiger partial charge in [-0.15, -0.1) is 0 Å². The molecule has 1 heterocycles. The van der Waals surface area contributed by atoms with Crippen molar-refractivity contribution in [2.75, 3.05) is 0 Å². The Balaban J connectivity index is 2.95. The molecule has 1 saturated heterocycles. The van der Waals surface area contributed by atoms with E-state index in [1.54, 1.807) is 0 Å². The normalized spacial score (nSPS) is 21.9. The van der Waals surface area contributed by atoms with E-state index in [9.17, 15) is 27.6 Å². The number of carbonyl (C=O) groups is 3. The van der Waals surface area contributed by atoms with Crippen LogP contribution in [-0.4, -0.2) is 40.0 Å². The summed E-state index contributed by atoms with van der Waals surface area (Å²) in [7, 11) is 0. The van der Waals surface area contributed by atoms with Gasteiger partial charge >= 0.3 is 18.1 Å². The first-order chi connectivity index (χ1) is 6.75. The van der Waals surface area contributed by atoms with Crippen molar-refractivity contribution in [3.8, 4) is 0 Å². The van der Waals surface area contributed by atoms with Crippen molar-refractivity contribution in [2.45, 2.75) is 25.1 Å². The molecule has 1 rings (SSSR count). The van der Waals surface area contributed by atoms with Gasteiger partial charge in [-0.05, 0) is 6.42 Å². The summed E-state index contributed by atoms with van der Waals surface area (Å²) in [5.41, 5.74) is 0. The van der Waals surface area contributed by atoms with Gasteiger partial charge in [0.25, 0.3) is 0 Å². The average Bonchev–Trinajstić information content (AvgIpc) is 2.44. The minimum Gasteiger partial charge on any atom is -0.480 e. The van der Waals surface area contributed by atoms with Crippen LogP contribution in [0.5, 0.6) is 0 Å². The summed E-state index contributed by atoms with van der Waals surface area (Å²) in [6, 6.07) is -1.70. The van der Waals surface area contributed by atoms with E-state index in [0.29, 0.717) is 0 Å². The Hall–Kier alpha value is -1.60. The molecular formula is C7H6F3NO4. The monoisotopic (exact) mass is 225 g/mol. The Morgan fingerprint density at radius 3 is 2.33 bits per heavy atom. The fourth-order valence-electron chi connectivity index (χ4n) is 1.31. The maximum atomic E-state index is 12.0. The van der Waals surface area contributed by atoms with Crippen LogP contribution >= 0.6 is 0 Å². The molecule has 15 heavy (non-hydrogen) atoms. The summed E-state index contributed by atoms with van der Waals surface area (Å²) in [4.78, 5) is 31.9. The van der Waals surface area contributed by atoms with E-state index in [1.807, 2.05) is 0 Å². The summed E-state index contributed by atoms with van der Waals surface area (Å²) in [6.45, 7) is 0. The zero-order chi connectivity index (χ0) is 11.8. The SMILES string of the molecule is O=C(O)[C@@H]1CCC(=O)N1C(=O)C(F)(F)F. The lowest BCUT2D eigenvalue weighted by molar-refractivity contribution is -0.189. The van der Waals surface area contributed by atoms with Gasteiger partial charge < -0.3 is 5.11 Å². The number of carboxylic acid groups (broad SMARTS) is 1. The van der Waals surface area contributed by atoms with Gasteiger partial charge in [0, 0.05) is 6.42 Å². The van der Waals surface area contributed by atoms with Crippen molar-refractivity contribution in [3.63, 3.8) is 0 Å². The van der Waals surface area contributed by atoms with E-state index in [2.05, 4.69) is 0 Å². The predicted octanol–water partition coefficient (Wildman–Crippen LogP) is 0.151. The fraction of sp³-hybridized carbons (Fsp3) is 0.571. The minimum absolute atomic E-state index is 0.234. The molecule has 0 bridgehead atoms. The Morgan fingerprint density at radius 1 is 1.40 bits per heavy atom. The summed E-state index contributed by atoms with van der Waals surface area (Å²) >= 11 is 0. The molecule has 5 nitrogen and oxygen atoms in total. The molecule has 0 aromatic heterocycles. The molecule has 0 spiro atoms. The molecule has 1 fully saturated rings. The van der Waals surface area contributed by atoms with Gasteiger partial charge in [0.15, 0.2) is 0 Å². The van der Waals surface area contributed by atoms with Crippen LogP contribution < -0.4 is 0 Å². The van der Waals surface area contributed by atoms with E-state index in [1.165, 1.54) is 0 Å². The van der Waals surface area contributed by atoms with Crippen LogP contribution in [0.15, 0.2) is 0 Å². The first kappa shape index (κ1) is 11.5. The van der Waals surface area contributed by atoms with Gasteiger partial charge in [0.2, 0.25) is 5.91 Å². The molecule has 1 aliphatic heterocycles. The van der Waals surface area contributed by atoms with E-state index >= 15 is 0 Å². The minimum atomic E-state index is -5.23. The highest BCUT2D eigenvalue weighted by Crippen LogP contribution is 2.26. The topological polar surface area (TPSA) is 74.7 Å². The molecule has 8 heteroatoms. The van der Waals surface area contributed by atoms with E-state index in [0.717, 1.165) is 0 Å². The van der Waals surface area contributed by atoms with Crippen LogP contribution in [0.25, 0.3) is 0 Å². The maximum Gasteiger partial charge on any atom is 0.471 e. The van der Waals surface area contributed by atoms with E-state index in [-0.39, 0.29) is 17.7 Å². The van der Waals surface area contributed by atoms with Gasteiger partial charge in [-0.25, -0.2) is 4.79 Å². The first-order valence-corrected chi connectivity index (χ1v) is 3.91.